The maximum absolute atomic E-state index is 12.1. The molecule has 0 aliphatic heterocycles. The Balaban J connectivity index is 2.14. The first kappa shape index (κ1) is 15.2. The molecule has 0 unspecified atom stereocenters. The van der Waals surface area contributed by atoms with Crippen molar-refractivity contribution in [2.75, 3.05) is 27.2 Å². The molecule has 0 bridgehead atoms. The van der Waals surface area contributed by atoms with E-state index >= 15 is 0 Å². The first-order chi connectivity index (χ1) is 10.1. The Labute approximate surface area is 125 Å². The number of pyridine rings is 1. The highest BCUT2D eigenvalue weighted by atomic mass is 16.1. The van der Waals surface area contributed by atoms with Crippen molar-refractivity contribution in [3.8, 4) is 11.1 Å². The van der Waals surface area contributed by atoms with Crippen LogP contribution in [0.15, 0.2) is 42.6 Å². The molecule has 110 valence electrons. The normalized spacial score (nSPS) is 10.7. The number of benzene rings is 1. The van der Waals surface area contributed by atoms with E-state index in [4.69, 9.17) is 0 Å². The van der Waals surface area contributed by atoms with Crippen molar-refractivity contribution in [2.45, 2.75) is 6.92 Å². The van der Waals surface area contributed by atoms with Crippen molar-refractivity contribution in [2.24, 2.45) is 0 Å². The molecule has 1 amide bonds. The zero-order valence-electron chi connectivity index (χ0n) is 12.8. The monoisotopic (exact) mass is 283 g/mol. The zero-order valence-corrected chi connectivity index (χ0v) is 12.8. The van der Waals surface area contributed by atoms with Crippen LogP contribution in [0.3, 0.4) is 0 Å². The van der Waals surface area contributed by atoms with Crippen LogP contribution < -0.4 is 5.32 Å². The third-order valence-electron chi connectivity index (χ3n) is 3.29. The molecular weight excluding hydrogens is 262 g/mol. The topological polar surface area (TPSA) is 45.2 Å². The van der Waals surface area contributed by atoms with Gasteiger partial charge in [0, 0.05) is 36.1 Å². The SMILES string of the molecule is Cc1ncccc1-c1cccc(C(=O)NCCN(C)C)c1. The summed E-state index contributed by atoms with van der Waals surface area (Å²) in [7, 11) is 3.97. The summed E-state index contributed by atoms with van der Waals surface area (Å²) in [6.07, 6.45) is 1.77. The standard InChI is InChI=1S/C17H21N3O/c1-13-16(8-5-9-18-13)14-6-4-7-15(12-14)17(21)19-10-11-20(2)3/h4-9,12H,10-11H2,1-3H3,(H,19,21). The Hall–Kier alpha value is -2.20. The van der Waals surface area contributed by atoms with Crippen molar-refractivity contribution in [3.05, 3.63) is 53.9 Å². The van der Waals surface area contributed by atoms with Crippen LogP contribution in [0, 0.1) is 6.92 Å². The number of aromatic nitrogens is 1. The number of nitrogens with zero attached hydrogens (tertiary/aromatic N) is 2. The summed E-state index contributed by atoms with van der Waals surface area (Å²) in [5.41, 5.74) is 3.71. The molecule has 1 N–H and O–H groups in total. The number of aryl methyl sites for hydroxylation is 1. The second-order valence-corrected chi connectivity index (χ2v) is 5.28. The highest BCUT2D eigenvalue weighted by Crippen LogP contribution is 2.22. The molecule has 0 radical (unpaired) electrons. The van der Waals surface area contributed by atoms with Crippen LogP contribution in [-0.4, -0.2) is 43.0 Å². The van der Waals surface area contributed by atoms with Gasteiger partial charge in [0.2, 0.25) is 0 Å². The summed E-state index contributed by atoms with van der Waals surface area (Å²) in [4.78, 5) is 18.5. The highest BCUT2D eigenvalue weighted by molar-refractivity contribution is 5.95. The van der Waals surface area contributed by atoms with Crippen molar-refractivity contribution < 1.29 is 4.79 Å². The van der Waals surface area contributed by atoms with E-state index in [1.807, 2.05) is 62.3 Å². The fraction of sp³-hybridized carbons (Fsp3) is 0.294. The van der Waals surface area contributed by atoms with E-state index < -0.39 is 0 Å². The minimum atomic E-state index is -0.0414. The van der Waals surface area contributed by atoms with Crippen molar-refractivity contribution in [3.63, 3.8) is 0 Å². The molecule has 1 aromatic carbocycles. The van der Waals surface area contributed by atoms with E-state index in [9.17, 15) is 4.79 Å². The van der Waals surface area contributed by atoms with Gasteiger partial charge < -0.3 is 10.2 Å². The van der Waals surface area contributed by atoms with Gasteiger partial charge in [-0.3, -0.25) is 9.78 Å². The predicted molar refractivity (Wildman–Crippen MR) is 85.3 cm³/mol. The first-order valence-electron chi connectivity index (χ1n) is 7.03. The number of carbonyl (C=O) groups excluding carboxylic acids is 1. The minimum Gasteiger partial charge on any atom is -0.351 e. The van der Waals surface area contributed by atoms with Gasteiger partial charge in [0.05, 0.1) is 0 Å². The second-order valence-electron chi connectivity index (χ2n) is 5.28. The van der Waals surface area contributed by atoms with E-state index in [1.165, 1.54) is 0 Å². The molecule has 0 fully saturated rings. The summed E-state index contributed by atoms with van der Waals surface area (Å²) in [6, 6.07) is 11.6. The summed E-state index contributed by atoms with van der Waals surface area (Å²) < 4.78 is 0. The Bertz CT molecular complexity index is 623. The number of rotatable bonds is 5. The van der Waals surface area contributed by atoms with Gasteiger partial charge in [-0.1, -0.05) is 18.2 Å². The number of hydrogen-bond donors (Lipinski definition) is 1. The van der Waals surface area contributed by atoms with Crippen LogP contribution in [0.4, 0.5) is 0 Å². The van der Waals surface area contributed by atoms with E-state index in [-0.39, 0.29) is 5.91 Å². The average Bonchev–Trinajstić information content (AvgIpc) is 2.47. The lowest BCUT2D eigenvalue weighted by Gasteiger charge is -2.11. The van der Waals surface area contributed by atoms with Crippen molar-refractivity contribution >= 4 is 5.91 Å². The van der Waals surface area contributed by atoms with Gasteiger partial charge >= 0.3 is 0 Å². The molecule has 0 aliphatic rings. The van der Waals surface area contributed by atoms with Gasteiger partial charge in [-0.25, -0.2) is 0 Å². The maximum Gasteiger partial charge on any atom is 0.251 e. The molecule has 21 heavy (non-hydrogen) atoms. The average molecular weight is 283 g/mol. The highest BCUT2D eigenvalue weighted by Gasteiger charge is 2.08. The number of hydrogen-bond acceptors (Lipinski definition) is 3. The lowest BCUT2D eigenvalue weighted by atomic mass is 10.0. The van der Waals surface area contributed by atoms with Gasteiger partial charge in [-0.15, -0.1) is 0 Å². The third kappa shape index (κ3) is 4.13. The summed E-state index contributed by atoms with van der Waals surface area (Å²) in [6.45, 7) is 3.44. The Morgan fingerprint density at radius 1 is 1.24 bits per heavy atom. The van der Waals surface area contributed by atoms with Crippen molar-refractivity contribution in [1.82, 2.24) is 15.2 Å². The predicted octanol–water partition coefficient (Wildman–Crippen LogP) is 2.35. The van der Waals surface area contributed by atoms with Crippen molar-refractivity contribution in [1.29, 1.82) is 0 Å². The lowest BCUT2D eigenvalue weighted by Crippen LogP contribution is -2.31. The molecule has 0 aliphatic carbocycles. The van der Waals surface area contributed by atoms with Gasteiger partial charge in [0.15, 0.2) is 0 Å². The molecule has 1 aromatic heterocycles. The smallest absolute Gasteiger partial charge is 0.251 e. The van der Waals surface area contributed by atoms with Crippen LogP contribution in [0.2, 0.25) is 0 Å². The van der Waals surface area contributed by atoms with Gasteiger partial charge in [0.1, 0.15) is 0 Å². The number of amides is 1. The van der Waals surface area contributed by atoms with Crippen LogP contribution in [0.1, 0.15) is 16.1 Å². The molecular formula is C17H21N3O. The summed E-state index contributed by atoms with van der Waals surface area (Å²) >= 11 is 0. The fourth-order valence-electron chi connectivity index (χ4n) is 2.11. The minimum absolute atomic E-state index is 0.0414. The molecule has 1 heterocycles. The Morgan fingerprint density at radius 3 is 2.76 bits per heavy atom. The van der Waals surface area contributed by atoms with E-state index in [0.717, 1.165) is 23.4 Å². The molecule has 2 rings (SSSR count). The molecule has 0 atom stereocenters. The molecule has 0 saturated heterocycles. The van der Waals surface area contributed by atoms with Gasteiger partial charge in [-0.2, -0.15) is 0 Å². The van der Waals surface area contributed by atoms with Crippen LogP contribution in [-0.2, 0) is 0 Å². The number of nitrogens with one attached hydrogen (secondary N) is 1. The second kappa shape index (κ2) is 6.99. The van der Waals surface area contributed by atoms with Gasteiger partial charge in [-0.05, 0) is 44.8 Å². The Kier molecular flexibility index (Phi) is 5.06. The lowest BCUT2D eigenvalue weighted by molar-refractivity contribution is 0.0951. The summed E-state index contributed by atoms with van der Waals surface area (Å²) in [5, 5.41) is 2.93. The maximum atomic E-state index is 12.1. The van der Waals surface area contributed by atoms with Crippen LogP contribution >= 0.6 is 0 Å². The molecule has 2 aromatic rings. The van der Waals surface area contributed by atoms with E-state index in [0.29, 0.717) is 12.1 Å². The number of carbonyl (C=O) groups is 1. The first-order valence-corrected chi connectivity index (χ1v) is 7.03. The largest absolute Gasteiger partial charge is 0.351 e. The molecule has 0 spiro atoms. The van der Waals surface area contributed by atoms with E-state index in [1.54, 1.807) is 6.20 Å². The molecule has 4 heteroatoms. The number of likely N-dealkylation sites (N-methyl/N-ethyl adjacent to an activating group) is 1. The zero-order chi connectivity index (χ0) is 15.2. The quantitative estimate of drug-likeness (QED) is 0.916. The van der Waals surface area contributed by atoms with E-state index in [2.05, 4.69) is 10.3 Å². The summed E-state index contributed by atoms with van der Waals surface area (Å²) in [5.74, 6) is -0.0414. The van der Waals surface area contributed by atoms with Gasteiger partial charge in [0.25, 0.3) is 5.91 Å². The molecule has 4 nitrogen and oxygen atoms in total. The van der Waals surface area contributed by atoms with Crippen LogP contribution in [0.25, 0.3) is 11.1 Å². The molecule has 0 saturated carbocycles. The van der Waals surface area contributed by atoms with Crippen LogP contribution in [0.5, 0.6) is 0 Å². The third-order valence-corrected chi connectivity index (χ3v) is 3.29. The Morgan fingerprint density at radius 2 is 2.05 bits per heavy atom. The fourth-order valence-corrected chi connectivity index (χ4v) is 2.11.